The molecule has 1 aliphatic rings. The maximum absolute atomic E-state index is 12.9. The van der Waals surface area contributed by atoms with Gasteiger partial charge >= 0.3 is 5.69 Å². The number of imidazole rings is 2. The van der Waals surface area contributed by atoms with Gasteiger partial charge in [0.05, 0.1) is 41.2 Å². The first-order chi connectivity index (χ1) is 15.2. The molecule has 0 saturated heterocycles. The number of aromatic amines is 1. The maximum atomic E-state index is 12.9. The van der Waals surface area contributed by atoms with Crippen LogP contribution in [0.25, 0.3) is 33.0 Å². The summed E-state index contributed by atoms with van der Waals surface area (Å²) in [5.74, 6) is 0.375. The Morgan fingerprint density at radius 1 is 1.16 bits per heavy atom. The number of rotatable bonds is 2. The van der Waals surface area contributed by atoms with Crippen molar-refractivity contribution in [1.82, 2.24) is 39.0 Å². The number of nitrogens with zero attached hydrogens (tertiary/aromatic N) is 8. The number of nitrogens with one attached hydrogen (secondary N) is 1. The zero-order chi connectivity index (χ0) is 20.9. The van der Waals surface area contributed by atoms with Crippen molar-refractivity contribution in [3.8, 4) is 5.95 Å². The molecule has 0 fully saturated rings. The summed E-state index contributed by atoms with van der Waals surface area (Å²) >= 11 is 0. The van der Waals surface area contributed by atoms with Gasteiger partial charge in [0.25, 0.3) is 0 Å². The summed E-state index contributed by atoms with van der Waals surface area (Å²) in [5, 5.41) is 0. The van der Waals surface area contributed by atoms with Gasteiger partial charge in [-0.2, -0.15) is 18.5 Å². The molecular weight excluding hydrogens is 426 g/mol. The van der Waals surface area contributed by atoms with Crippen molar-refractivity contribution in [2.45, 2.75) is 25.3 Å². The maximum Gasteiger partial charge on any atom is 0.328 e. The lowest BCUT2D eigenvalue weighted by Crippen LogP contribution is -2.27. The number of hydrogen-bond donors (Lipinski definition) is 1. The molecule has 1 aliphatic carbocycles. The van der Waals surface area contributed by atoms with Gasteiger partial charge < -0.3 is 4.98 Å². The van der Waals surface area contributed by atoms with Crippen molar-refractivity contribution in [3.05, 3.63) is 76.4 Å². The second-order valence-electron chi connectivity index (χ2n) is 7.40. The van der Waals surface area contributed by atoms with Gasteiger partial charge in [0.2, 0.25) is 5.95 Å². The molecular formula is C21H17N9OS. The lowest BCUT2D eigenvalue weighted by atomic mass is 9.95. The van der Waals surface area contributed by atoms with Crippen molar-refractivity contribution in [1.29, 1.82) is 0 Å². The van der Waals surface area contributed by atoms with Crippen LogP contribution in [0.5, 0.6) is 0 Å². The summed E-state index contributed by atoms with van der Waals surface area (Å²) in [6.45, 7) is 7.27. The minimum atomic E-state index is -0.254. The van der Waals surface area contributed by atoms with E-state index in [9.17, 15) is 4.79 Å². The molecule has 4 aromatic heterocycles. The van der Waals surface area contributed by atoms with Crippen molar-refractivity contribution < 1.29 is 0 Å². The Labute approximate surface area is 188 Å². The molecule has 11 heteroatoms. The normalized spacial score (nSPS) is 15.3. The average Bonchev–Trinajstić information content (AvgIpc) is 3.37. The summed E-state index contributed by atoms with van der Waals surface area (Å²) in [7, 11) is 0. The predicted molar refractivity (Wildman–Crippen MR) is 123 cm³/mol. The van der Waals surface area contributed by atoms with E-state index in [2.05, 4.69) is 29.8 Å². The van der Waals surface area contributed by atoms with E-state index in [0.717, 1.165) is 41.7 Å². The Morgan fingerprint density at radius 2 is 2.03 bits per heavy atom. The average molecular weight is 443 g/mol. The summed E-state index contributed by atoms with van der Waals surface area (Å²) < 4.78 is 3.37. The van der Waals surface area contributed by atoms with Gasteiger partial charge in [0, 0.05) is 12.4 Å². The Kier molecular flexibility index (Phi) is 4.71. The monoisotopic (exact) mass is 443 g/mol. The first kappa shape index (κ1) is 19.9. The van der Waals surface area contributed by atoms with Crippen molar-refractivity contribution in [3.63, 3.8) is 0 Å². The van der Waals surface area contributed by atoms with Gasteiger partial charge in [-0.25, -0.2) is 19.6 Å². The van der Waals surface area contributed by atoms with E-state index < -0.39 is 0 Å². The molecule has 1 N–H and O–H groups in total. The van der Waals surface area contributed by atoms with E-state index in [1.165, 1.54) is 0 Å². The first-order valence-corrected chi connectivity index (χ1v) is 9.85. The highest BCUT2D eigenvalue weighted by molar-refractivity contribution is 7.59. The topological polar surface area (TPSA) is 112 Å². The van der Waals surface area contributed by atoms with E-state index in [4.69, 9.17) is 11.6 Å². The Hall–Kier alpha value is -4.04. The molecule has 1 unspecified atom stereocenters. The van der Waals surface area contributed by atoms with E-state index in [1.54, 1.807) is 52.3 Å². The second-order valence-corrected chi connectivity index (χ2v) is 7.40. The molecule has 0 spiro atoms. The van der Waals surface area contributed by atoms with Crippen molar-refractivity contribution in [2.75, 3.05) is 0 Å². The quantitative estimate of drug-likeness (QED) is 0.420. The fourth-order valence-corrected chi connectivity index (χ4v) is 4.24. The zero-order valence-electron chi connectivity index (χ0n) is 16.7. The predicted octanol–water partition coefficient (Wildman–Crippen LogP) is 2.84. The standard InChI is InChI=1S/C21H15N9O.H2S/c1-22-12-5-6-13-17(9-12)29(11-26-13)20-25-10-15-19(28-20)30(21(31)27-15)16-4-2-3-14-18(16)24-8-7-23-14;/h5-11,16H,2-4H2,(H,27,31);1H2. The van der Waals surface area contributed by atoms with Crippen molar-refractivity contribution >= 4 is 41.4 Å². The van der Waals surface area contributed by atoms with Gasteiger partial charge in [-0.1, -0.05) is 6.07 Å². The molecule has 158 valence electrons. The fourth-order valence-electron chi connectivity index (χ4n) is 4.24. The van der Waals surface area contributed by atoms with Crippen LogP contribution in [0.2, 0.25) is 0 Å². The van der Waals surface area contributed by atoms with Crippen LogP contribution in [0.4, 0.5) is 5.69 Å². The SMILES string of the molecule is S.[C-]#[N+]c1ccc2ncn(-c3ncc4[nH]c(=O)n(C5CCCc6nccnc65)c4n3)c2c1. The van der Waals surface area contributed by atoms with E-state index in [0.29, 0.717) is 22.8 Å². The van der Waals surface area contributed by atoms with Crippen LogP contribution in [0, 0.1) is 6.57 Å². The molecule has 10 nitrogen and oxygen atoms in total. The Balaban J connectivity index is 0.00000216. The second kappa shape index (κ2) is 7.58. The summed E-state index contributed by atoms with van der Waals surface area (Å²) in [4.78, 5) is 41.7. The lowest BCUT2D eigenvalue weighted by Gasteiger charge is -2.24. The van der Waals surface area contributed by atoms with E-state index in [1.807, 2.05) is 0 Å². The molecule has 1 aromatic carbocycles. The summed E-state index contributed by atoms with van der Waals surface area (Å²) in [5.41, 5.74) is 4.50. The zero-order valence-corrected chi connectivity index (χ0v) is 17.7. The summed E-state index contributed by atoms with van der Waals surface area (Å²) in [6.07, 6.45) is 9.10. The van der Waals surface area contributed by atoms with Crippen LogP contribution in [0.1, 0.15) is 30.3 Å². The number of fused-ring (bicyclic) bond motifs is 3. The van der Waals surface area contributed by atoms with Gasteiger partial charge in [-0.05, 0) is 31.4 Å². The third-order valence-corrected chi connectivity index (χ3v) is 5.64. The molecule has 32 heavy (non-hydrogen) atoms. The first-order valence-electron chi connectivity index (χ1n) is 9.85. The lowest BCUT2D eigenvalue weighted by molar-refractivity contribution is 0.467. The number of hydrogen-bond acceptors (Lipinski definition) is 6. The molecule has 1 atom stereocenters. The molecule has 4 heterocycles. The molecule has 5 aromatic rings. The molecule has 0 amide bonds. The van der Waals surface area contributed by atoms with Gasteiger partial charge in [-0.15, -0.1) is 0 Å². The van der Waals surface area contributed by atoms with Crippen LogP contribution in [-0.2, 0) is 6.42 Å². The number of aryl methyl sites for hydroxylation is 1. The van der Waals surface area contributed by atoms with Crippen LogP contribution in [0.15, 0.2) is 47.9 Å². The number of H-pyrrole nitrogens is 1. The molecule has 0 saturated carbocycles. The summed E-state index contributed by atoms with van der Waals surface area (Å²) in [6, 6.07) is 5.03. The smallest absolute Gasteiger partial charge is 0.303 e. The van der Waals surface area contributed by atoms with Gasteiger partial charge in [0.1, 0.15) is 11.8 Å². The fraction of sp³-hybridized carbons (Fsp3) is 0.190. The highest BCUT2D eigenvalue weighted by Gasteiger charge is 2.27. The van der Waals surface area contributed by atoms with Crippen LogP contribution >= 0.6 is 13.5 Å². The van der Waals surface area contributed by atoms with Crippen LogP contribution < -0.4 is 5.69 Å². The molecule has 0 aliphatic heterocycles. The van der Waals surface area contributed by atoms with Gasteiger partial charge in [-0.3, -0.25) is 19.1 Å². The van der Waals surface area contributed by atoms with E-state index in [-0.39, 0.29) is 25.2 Å². The van der Waals surface area contributed by atoms with Gasteiger partial charge in [0.15, 0.2) is 11.3 Å². The molecule has 6 rings (SSSR count). The van der Waals surface area contributed by atoms with Crippen LogP contribution in [-0.4, -0.2) is 39.0 Å². The minimum absolute atomic E-state index is 0. The van der Waals surface area contributed by atoms with E-state index >= 15 is 0 Å². The molecule has 0 bridgehead atoms. The Bertz CT molecular complexity index is 1580. The highest BCUT2D eigenvalue weighted by atomic mass is 32.1. The highest BCUT2D eigenvalue weighted by Crippen LogP contribution is 2.31. The van der Waals surface area contributed by atoms with Crippen LogP contribution in [0.3, 0.4) is 0 Å². The largest absolute Gasteiger partial charge is 0.328 e. The third-order valence-electron chi connectivity index (χ3n) is 5.64. The Morgan fingerprint density at radius 3 is 2.91 bits per heavy atom. The molecule has 0 radical (unpaired) electrons. The number of aromatic nitrogens is 8. The number of benzene rings is 1. The third kappa shape index (κ3) is 2.96. The van der Waals surface area contributed by atoms with Crippen molar-refractivity contribution in [2.24, 2.45) is 0 Å². The minimum Gasteiger partial charge on any atom is -0.303 e.